The average molecular weight is 299 g/mol. The molecule has 0 spiro atoms. The number of hydrogen-bond donors (Lipinski definition) is 1. The number of nitrogens with two attached hydrogens (primary N) is 1. The molecular formula is C14H16F3N3O. The second-order valence-electron chi connectivity index (χ2n) is 4.52. The molecule has 1 aromatic heterocycles. The SMILES string of the molecule is NCCc1ccc(OCCn2cc(C(F)(F)F)cn2)cc1. The number of alkyl halides is 3. The normalized spacial score (nSPS) is 11.6. The van der Waals surface area contributed by atoms with Gasteiger partial charge in [-0.1, -0.05) is 12.1 Å². The summed E-state index contributed by atoms with van der Waals surface area (Å²) in [5.74, 6) is 0.666. The van der Waals surface area contributed by atoms with Gasteiger partial charge in [0.25, 0.3) is 0 Å². The second kappa shape index (κ2) is 6.62. The van der Waals surface area contributed by atoms with Crippen LogP contribution in [0.1, 0.15) is 11.1 Å². The molecule has 1 heterocycles. The number of benzene rings is 1. The molecule has 0 aliphatic carbocycles. The zero-order chi connectivity index (χ0) is 15.3. The summed E-state index contributed by atoms with van der Waals surface area (Å²) in [6, 6.07) is 7.46. The molecule has 0 saturated carbocycles. The molecule has 0 amide bonds. The van der Waals surface area contributed by atoms with Gasteiger partial charge in [-0.25, -0.2) is 0 Å². The topological polar surface area (TPSA) is 53.1 Å². The lowest BCUT2D eigenvalue weighted by molar-refractivity contribution is -0.137. The van der Waals surface area contributed by atoms with Crippen molar-refractivity contribution >= 4 is 0 Å². The van der Waals surface area contributed by atoms with Crippen LogP contribution in [0, 0.1) is 0 Å². The number of nitrogens with zero attached hydrogens (tertiary/aromatic N) is 2. The van der Waals surface area contributed by atoms with E-state index in [-0.39, 0.29) is 13.2 Å². The van der Waals surface area contributed by atoms with Crippen LogP contribution < -0.4 is 10.5 Å². The highest BCUT2D eigenvalue weighted by Crippen LogP contribution is 2.28. The van der Waals surface area contributed by atoms with E-state index in [1.54, 1.807) is 0 Å². The Kier molecular flexibility index (Phi) is 4.85. The largest absolute Gasteiger partial charge is 0.492 e. The zero-order valence-electron chi connectivity index (χ0n) is 11.3. The Labute approximate surface area is 120 Å². The number of rotatable bonds is 6. The van der Waals surface area contributed by atoms with Gasteiger partial charge in [0.15, 0.2) is 0 Å². The summed E-state index contributed by atoms with van der Waals surface area (Å²) < 4.78 is 43.9. The van der Waals surface area contributed by atoms with Gasteiger partial charge in [0.1, 0.15) is 12.4 Å². The average Bonchev–Trinajstić information content (AvgIpc) is 2.90. The summed E-state index contributed by atoms with van der Waals surface area (Å²) in [4.78, 5) is 0. The van der Waals surface area contributed by atoms with Gasteiger partial charge in [-0.15, -0.1) is 0 Å². The lowest BCUT2D eigenvalue weighted by atomic mass is 10.1. The van der Waals surface area contributed by atoms with Crippen molar-refractivity contribution in [2.24, 2.45) is 5.73 Å². The Morgan fingerprint density at radius 3 is 2.48 bits per heavy atom. The third-order valence-electron chi connectivity index (χ3n) is 2.91. The summed E-state index contributed by atoms with van der Waals surface area (Å²) in [6.07, 6.45) is -1.79. The highest BCUT2D eigenvalue weighted by atomic mass is 19.4. The van der Waals surface area contributed by atoms with Gasteiger partial charge in [-0.2, -0.15) is 18.3 Å². The number of ether oxygens (including phenoxy) is 1. The predicted molar refractivity (Wildman–Crippen MR) is 71.9 cm³/mol. The van der Waals surface area contributed by atoms with E-state index in [0.717, 1.165) is 24.4 Å². The lowest BCUT2D eigenvalue weighted by Crippen LogP contribution is -2.09. The molecule has 2 N–H and O–H groups in total. The molecular weight excluding hydrogens is 283 g/mol. The first-order valence-electron chi connectivity index (χ1n) is 6.50. The van der Waals surface area contributed by atoms with Crippen molar-refractivity contribution in [3.05, 3.63) is 47.8 Å². The molecule has 114 valence electrons. The van der Waals surface area contributed by atoms with Crippen LogP contribution in [-0.2, 0) is 19.1 Å². The zero-order valence-corrected chi connectivity index (χ0v) is 11.3. The van der Waals surface area contributed by atoms with Crippen molar-refractivity contribution in [1.29, 1.82) is 0 Å². The quantitative estimate of drug-likeness (QED) is 0.891. The monoisotopic (exact) mass is 299 g/mol. The molecule has 0 aliphatic heterocycles. The molecule has 2 rings (SSSR count). The Morgan fingerprint density at radius 1 is 1.19 bits per heavy atom. The van der Waals surface area contributed by atoms with Gasteiger partial charge in [-0.3, -0.25) is 4.68 Å². The first-order chi connectivity index (χ1) is 9.99. The van der Waals surface area contributed by atoms with Crippen molar-refractivity contribution in [2.75, 3.05) is 13.2 Å². The third-order valence-corrected chi connectivity index (χ3v) is 2.91. The smallest absolute Gasteiger partial charge is 0.419 e. The van der Waals surface area contributed by atoms with Gasteiger partial charge >= 0.3 is 6.18 Å². The minimum Gasteiger partial charge on any atom is -0.492 e. The summed E-state index contributed by atoms with van der Waals surface area (Å²) in [6.45, 7) is 1.08. The standard InChI is InChI=1S/C14H16F3N3O/c15-14(16,17)12-9-19-20(10-12)7-8-21-13-3-1-11(2-4-13)5-6-18/h1-4,9-10H,5-8,18H2. The number of aromatic nitrogens is 2. The van der Waals surface area contributed by atoms with E-state index in [2.05, 4.69) is 5.10 Å². The van der Waals surface area contributed by atoms with E-state index in [1.807, 2.05) is 24.3 Å². The van der Waals surface area contributed by atoms with Crippen molar-refractivity contribution in [2.45, 2.75) is 19.1 Å². The van der Waals surface area contributed by atoms with Gasteiger partial charge in [-0.05, 0) is 30.7 Å². The molecule has 0 radical (unpaired) electrons. The van der Waals surface area contributed by atoms with Gasteiger partial charge in [0.05, 0.1) is 18.3 Å². The Hall–Kier alpha value is -2.02. The molecule has 0 aliphatic rings. The van der Waals surface area contributed by atoms with Crippen LogP contribution in [-0.4, -0.2) is 22.9 Å². The van der Waals surface area contributed by atoms with E-state index >= 15 is 0 Å². The summed E-state index contributed by atoms with van der Waals surface area (Å²) in [5, 5.41) is 3.66. The Morgan fingerprint density at radius 2 is 1.90 bits per heavy atom. The van der Waals surface area contributed by atoms with Crippen LogP contribution in [0.5, 0.6) is 5.75 Å². The summed E-state index contributed by atoms with van der Waals surface area (Å²) >= 11 is 0. The Balaban J connectivity index is 1.82. The van der Waals surface area contributed by atoms with Crippen molar-refractivity contribution in [3.63, 3.8) is 0 Å². The summed E-state index contributed by atoms with van der Waals surface area (Å²) in [7, 11) is 0. The molecule has 0 saturated heterocycles. The molecule has 4 nitrogen and oxygen atoms in total. The fourth-order valence-corrected chi connectivity index (χ4v) is 1.81. The van der Waals surface area contributed by atoms with E-state index in [0.29, 0.717) is 12.3 Å². The minimum absolute atomic E-state index is 0.245. The van der Waals surface area contributed by atoms with E-state index < -0.39 is 11.7 Å². The minimum atomic E-state index is -4.36. The molecule has 7 heteroatoms. The van der Waals surface area contributed by atoms with E-state index in [9.17, 15) is 13.2 Å². The molecule has 0 bridgehead atoms. The maximum absolute atomic E-state index is 12.4. The van der Waals surface area contributed by atoms with Gasteiger partial charge in [0.2, 0.25) is 0 Å². The van der Waals surface area contributed by atoms with Crippen molar-refractivity contribution < 1.29 is 17.9 Å². The second-order valence-corrected chi connectivity index (χ2v) is 4.52. The predicted octanol–water partition coefficient (Wildman–Crippen LogP) is 2.48. The van der Waals surface area contributed by atoms with Crippen LogP contribution in [0.2, 0.25) is 0 Å². The van der Waals surface area contributed by atoms with Crippen LogP contribution in [0.25, 0.3) is 0 Å². The highest BCUT2D eigenvalue weighted by molar-refractivity contribution is 5.27. The van der Waals surface area contributed by atoms with Crippen LogP contribution in [0.15, 0.2) is 36.7 Å². The molecule has 0 unspecified atom stereocenters. The first kappa shape index (κ1) is 15.4. The maximum Gasteiger partial charge on any atom is 0.419 e. The van der Waals surface area contributed by atoms with Crippen LogP contribution in [0.3, 0.4) is 0 Å². The van der Waals surface area contributed by atoms with Crippen LogP contribution in [0.4, 0.5) is 13.2 Å². The maximum atomic E-state index is 12.4. The molecule has 1 aromatic carbocycles. The van der Waals surface area contributed by atoms with Crippen LogP contribution >= 0.6 is 0 Å². The van der Waals surface area contributed by atoms with Crippen molar-refractivity contribution in [3.8, 4) is 5.75 Å². The van der Waals surface area contributed by atoms with E-state index in [4.69, 9.17) is 10.5 Å². The van der Waals surface area contributed by atoms with E-state index in [1.165, 1.54) is 4.68 Å². The van der Waals surface area contributed by atoms with Gasteiger partial charge in [0, 0.05) is 6.20 Å². The highest BCUT2D eigenvalue weighted by Gasteiger charge is 2.32. The number of hydrogen-bond acceptors (Lipinski definition) is 3. The molecule has 21 heavy (non-hydrogen) atoms. The summed E-state index contributed by atoms with van der Waals surface area (Å²) in [5.41, 5.74) is 5.82. The Bertz CT molecular complexity index is 564. The first-order valence-corrected chi connectivity index (χ1v) is 6.50. The lowest BCUT2D eigenvalue weighted by Gasteiger charge is -2.07. The number of halogens is 3. The fourth-order valence-electron chi connectivity index (χ4n) is 1.81. The third kappa shape index (κ3) is 4.49. The fraction of sp³-hybridized carbons (Fsp3) is 0.357. The molecule has 0 atom stereocenters. The molecule has 0 fully saturated rings. The van der Waals surface area contributed by atoms with Crippen molar-refractivity contribution in [1.82, 2.24) is 9.78 Å². The van der Waals surface area contributed by atoms with Gasteiger partial charge < -0.3 is 10.5 Å². The molecule has 2 aromatic rings.